The minimum Gasteiger partial charge on any atom is -0.348 e. The van der Waals surface area contributed by atoms with Crippen molar-refractivity contribution in [1.29, 1.82) is 0 Å². The van der Waals surface area contributed by atoms with Gasteiger partial charge in [0, 0.05) is 11.1 Å². The molecule has 0 atom stereocenters. The van der Waals surface area contributed by atoms with Crippen LogP contribution in [0.5, 0.6) is 0 Å². The highest BCUT2D eigenvalue weighted by Crippen LogP contribution is 2.28. The lowest BCUT2D eigenvalue weighted by molar-refractivity contribution is 0.606. The maximum Gasteiger partial charge on any atom is 0.155 e. The van der Waals surface area contributed by atoms with Crippen LogP contribution in [-0.2, 0) is 0 Å². The second-order valence-electron chi connectivity index (χ2n) is 2.35. The molecule has 0 unspecified atom stereocenters. The molecule has 0 saturated heterocycles. The quantitative estimate of drug-likeness (QED) is 0.630. The number of thiophene rings is 1. The van der Waals surface area contributed by atoms with Gasteiger partial charge in [0.2, 0.25) is 0 Å². The summed E-state index contributed by atoms with van der Waals surface area (Å²) >= 11 is 1.18. The number of hydrogen-bond donors (Lipinski definition) is 1. The molecule has 0 bridgehead atoms. The van der Waals surface area contributed by atoms with Crippen LogP contribution in [0.15, 0.2) is 5.38 Å². The van der Waals surface area contributed by atoms with Crippen molar-refractivity contribution >= 4 is 21.6 Å². The monoisotopic (exact) mass is 173 g/mol. The first-order chi connectivity index (χ1) is 5.20. The van der Waals surface area contributed by atoms with Crippen molar-refractivity contribution in [1.82, 2.24) is 4.98 Å². The van der Waals surface area contributed by atoms with Crippen LogP contribution in [0.3, 0.4) is 0 Å². The summed E-state index contributed by atoms with van der Waals surface area (Å²) in [5.74, 6) is -0.953. The van der Waals surface area contributed by atoms with Crippen LogP contribution in [0, 0.1) is 18.6 Å². The third-order valence-corrected chi connectivity index (χ3v) is 2.46. The van der Waals surface area contributed by atoms with Gasteiger partial charge < -0.3 is 4.98 Å². The van der Waals surface area contributed by atoms with E-state index >= 15 is 0 Å². The van der Waals surface area contributed by atoms with E-state index in [0.717, 1.165) is 0 Å². The molecule has 2 aromatic heterocycles. The standard InChI is InChI=1S/C7H5F2NS/c1-3-6(9)5-4(8)2-11-7(5)10-3/h2,10H,1H3. The van der Waals surface area contributed by atoms with Gasteiger partial charge in [-0.1, -0.05) is 0 Å². The van der Waals surface area contributed by atoms with Gasteiger partial charge in [0.1, 0.15) is 10.6 Å². The largest absolute Gasteiger partial charge is 0.348 e. The third kappa shape index (κ3) is 0.790. The molecule has 0 aromatic carbocycles. The van der Waals surface area contributed by atoms with Crippen LogP contribution in [0.4, 0.5) is 8.78 Å². The maximum absolute atomic E-state index is 13.0. The van der Waals surface area contributed by atoms with Crippen LogP contribution in [0.25, 0.3) is 10.2 Å². The van der Waals surface area contributed by atoms with Gasteiger partial charge in [-0.15, -0.1) is 11.3 Å². The number of halogens is 2. The molecule has 4 heteroatoms. The first-order valence-corrected chi connectivity index (χ1v) is 3.99. The average Bonchev–Trinajstić information content (AvgIpc) is 2.41. The van der Waals surface area contributed by atoms with E-state index in [2.05, 4.69) is 4.98 Å². The van der Waals surface area contributed by atoms with E-state index in [1.165, 1.54) is 16.7 Å². The van der Waals surface area contributed by atoms with Crippen molar-refractivity contribution in [3.05, 3.63) is 22.7 Å². The molecule has 2 heterocycles. The van der Waals surface area contributed by atoms with Crippen molar-refractivity contribution < 1.29 is 8.78 Å². The molecule has 1 nitrogen and oxygen atoms in total. The normalized spacial score (nSPS) is 11.2. The Bertz CT molecular complexity index is 402. The molecule has 0 aliphatic heterocycles. The Morgan fingerprint density at radius 3 is 2.82 bits per heavy atom. The zero-order chi connectivity index (χ0) is 8.01. The number of aromatic amines is 1. The van der Waals surface area contributed by atoms with Gasteiger partial charge >= 0.3 is 0 Å². The van der Waals surface area contributed by atoms with Crippen molar-refractivity contribution in [3.8, 4) is 0 Å². The topological polar surface area (TPSA) is 15.8 Å². The van der Waals surface area contributed by atoms with Crippen molar-refractivity contribution in [2.45, 2.75) is 6.92 Å². The number of H-pyrrole nitrogens is 1. The fraction of sp³-hybridized carbons (Fsp3) is 0.143. The van der Waals surface area contributed by atoms with Gasteiger partial charge in [0.15, 0.2) is 5.82 Å². The highest BCUT2D eigenvalue weighted by molar-refractivity contribution is 7.16. The Labute approximate surface area is 65.7 Å². The Hall–Kier alpha value is -0.900. The summed E-state index contributed by atoms with van der Waals surface area (Å²) in [7, 11) is 0. The molecule has 2 rings (SSSR count). The molecule has 0 spiro atoms. The van der Waals surface area contributed by atoms with Crippen LogP contribution in [0.2, 0.25) is 0 Å². The molecule has 0 saturated carbocycles. The first kappa shape index (κ1) is 6.79. The van der Waals surface area contributed by atoms with Crippen LogP contribution in [0.1, 0.15) is 5.69 Å². The van der Waals surface area contributed by atoms with E-state index < -0.39 is 11.6 Å². The molecule has 2 aromatic rings. The summed E-state index contributed by atoms with van der Waals surface area (Å²) in [6, 6.07) is 0. The van der Waals surface area contributed by atoms with Crippen LogP contribution in [-0.4, -0.2) is 4.98 Å². The Kier molecular flexibility index (Phi) is 1.26. The second-order valence-corrected chi connectivity index (χ2v) is 3.23. The molecule has 0 fully saturated rings. The molecule has 0 aliphatic carbocycles. The maximum atomic E-state index is 13.0. The fourth-order valence-electron chi connectivity index (χ4n) is 1.05. The van der Waals surface area contributed by atoms with E-state index in [1.54, 1.807) is 6.92 Å². The predicted octanol–water partition coefficient (Wildman–Crippen LogP) is 2.82. The number of aryl methyl sites for hydroxylation is 1. The van der Waals surface area contributed by atoms with E-state index in [-0.39, 0.29) is 5.39 Å². The molecule has 0 radical (unpaired) electrons. The molecule has 58 valence electrons. The lowest BCUT2D eigenvalue weighted by Gasteiger charge is -1.82. The van der Waals surface area contributed by atoms with Crippen LogP contribution < -0.4 is 0 Å². The van der Waals surface area contributed by atoms with E-state index in [4.69, 9.17) is 0 Å². The Balaban J connectivity index is 2.95. The Morgan fingerprint density at radius 1 is 1.45 bits per heavy atom. The lowest BCUT2D eigenvalue weighted by atomic mass is 10.3. The highest BCUT2D eigenvalue weighted by atomic mass is 32.1. The molecule has 11 heavy (non-hydrogen) atoms. The average molecular weight is 173 g/mol. The van der Waals surface area contributed by atoms with E-state index in [9.17, 15) is 8.78 Å². The predicted molar refractivity (Wildman–Crippen MR) is 40.8 cm³/mol. The number of rotatable bonds is 0. The van der Waals surface area contributed by atoms with Crippen molar-refractivity contribution in [2.24, 2.45) is 0 Å². The lowest BCUT2D eigenvalue weighted by Crippen LogP contribution is -1.75. The van der Waals surface area contributed by atoms with Gasteiger partial charge in [-0.2, -0.15) is 0 Å². The minimum absolute atomic E-state index is 0.0903. The van der Waals surface area contributed by atoms with Gasteiger partial charge in [0.25, 0.3) is 0 Å². The Morgan fingerprint density at radius 2 is 2.18 bits per heavy atom. The summed E-state index contributed by atoms with van der Waals surface area (Å²) in [4.78, 5) is 3.32. The summed E-state index contributed by atoms with van der Waals surface area (Å²) in [6.45, 7) is 1.58. The smallest absolute Gasteiger partial charge is 0.155 e. The van der Waals surface area contributed by atoms with Crippen LogP contribution >= 0.6 is 11.3 Å². The molecular formula is C7H5F2NS. The van der Waals surface area contributed by atoms with Gasteiger partial charge in [-0.3, -0.25) is 0 Å². The van der Waals surface area contributed by atoms with Gasteiger partial charge in [-0.05, 0) is 6.92 Å². The summed E-state index contributed by atoms with van der Waals surface area (Å²) < 4.78 is 25.8. The van der Waals surface area contributed by atoms with Crippen molar-refractivity contribution in [3.63, 3.8) is 0 Å². The number of nitrogens with one attached hydrogen (secondary N) is 1. The third-order valence-electron chi connectivity index (χ3n) is 1.60. The van der Waals surface area contributed by atoms with Gasteiger partial charge in [-0.25, -0.2) is 8.78 Å². The SMILES string of the molecule is Cc1[nH]c2scc(F)c2c1F. The zero-order valence-electron chi connectivity index (χ0n) is 5.74. The second kappa shape index (κ2) is 2.04. The van der Waals surface area contributed by atoms with Crippen molar-refractivity contribution in [2.75, 3.05) is 0 Å². The summed E-state index contributed by atoms with van der Waals surface area (Å²) in [6.07, 6.45) is 0. The van der Waals surface area contributed by atoms with E-state index in [1.807, 2.05) is 0 Å². The minimum atomic E-state index is -0.480. The fourth-order valence-corrected chi connectivity index (χ4v) is 1.90. The molecular weight excluding hydrogens is 168 g/mol. The molecule has 0 aliphatic rings. The number of aromatic nitrogens is 1. The number of fused-ring (bicyclic) bond motifs is 1. The van der Waals surface area contributed by atoms with Gasteiger partial charge in [0.05, 0.1) is 5.39 Å². The summed E-state index contributed by atoms with van der Waals surface area (Å²) in [5.41, 5.74) is 0.394. The number of hydrogen-bond acceptors (Lipinski definition) is 1. The summed E-state index contributed by atoms with van der Waals surface area (Å²) in [5, 5.41) is 1.39. The molecule has 0 amide bonds. The molecule has 1 N–H and O–H groups in total. The van der Waals surface area contributed by atoms with E-state index in [0.29, 0.717) is 10.5 Å². The first-order valence-electron chi connectivity index (χ1n) is 3.11. The zero-order valence-corrected chi connectivity index (χ0v) is 6.56. The highest BCUT2D eigenvalue weighted by Gasteiger charge is 2.13.